The quantitative estimate of drug-likeness (QED) is 0.680. The topological polar surface area (TPSA) is 90.1 Å². The van der Waals surface area contributed by atoms with Crippen molar-refractivity contribution in [1.29, 1.82) is 0 Å². The van der Waals surface area contributed by atoms with Crippen LogP contribution >= 0.6 is 0 Å². The first-order valence-corrected chi connectivity index (χ1v) is 6.12. The minimum atomic E-state index is -0.458. The molecule has 0 bridgehead atoms. The van der Waals surface area contributed by atoms with E-state index in [1.807, 2.05) is 6.92 Å². The second kappa shape index (κ2) is 5.52. The molecule has 1 N–H and O–H groups in total. The summed E-state index contributed by atoms with van der Waals surface area (Å²) in [5.74, 6) is -0.182. The van der Waals surface area contributed by atoms with Crippen molar-refractivity contribution in [2.24, 2.45) is 0 Å². The third-order valence-corrected chi connectivity index (χ3v) is 2.90. The van der Waals surface area contributed by atoms with Gasteiger partial charge in [0.05, 0.1) is 28.1 Å². The number of carbonyl (C=O) groups excluding carboxylic acids is 1. The Balaban J connectivity index is 2.34. The fraction of sp³-hybridized carbons (Fsp3) is 0.231. The van der Waals surface area contributed by atoms with Crippen molar-refractivity contribution in [2.75, 3.05) is 6.54 Å². The number of nitrogens with one attached hydrogen (secondary N) is 1. The van der Waals surface area contributed by atoms with Crippen LogP contribution in [0.4, 0.5) is 5.69 Å². The van der Waals surface area contributed by atoms with Gasteiger partial charge in [0.2, 0.25) is 0 Å². The molecule has 1 heterocycles. The Kier molecular flexibility index (Phi) is 3.79. The van der Waals surface area contributed by atoms with Gasteiger partial charge < -0.3 is 5.32 Å². The van der Waals surface area contributed by atoms with Crippen LogP contribution in [0.5, 0.6) is 0 Å². The van der Waals surface area contributed by atoms with E-state index in [9.17, 15) is 14.9 Å². The number of amides is 1. The van der Waals surface area contributed by atoms with Gasteiger partial charge in [-0.1, -0.05) is 0 Å². The fourth-order valence-electron chi connectivity index (χ4n) is 1.86. The van der Waals surface area contributed by atoms with E-state index < -0.39 is 4.92 Å². The van der Waals surface area contributed by atoms with E-state index in [4.69, 9.17) is 0 Å². The molecule has 0 aliphatic heterocycles. The molecule has 7 nitrogen and oxygen atoms in total. The maximum Gasteiger partial charge on any atom is 0.269 e. The van der Waals surface area contributed by atoms with E-state index >= 15 is 0 Å². The lowest BCUT2D eigenvalue weighted by Gasteiger charge is -2.05. The molecule has 0 saturated carbocycles. The summed E-state index contributed by atoms with van der Waals surface area (Å²) in [6.07, 6.45) is 1.49. The van der Waals surface area contributed by atoms with E-state index in [1.54, 1.807) is 23.7 Å². The molecule has 0 atom stereocenters. The molecule has 20 heavy (non-hydrogen) atoms. The minimum Gasteiger partial charge on any atom is -0.352 e. The first-order valence-electron chi connectivity index (χ1n) is 6.12. The molecule has 0 spiro atoms. The number of carbonyl (C=O) groups is 1. The second-order valence-corrected chi connectivity index (χ2v) is 4.19. The minimum absolute atomic E-state index is 0.0162. The highest BCUT2D eigenvalue weighted by molar-refractivity contribution is 5.95. The van der Waals surface area contributed by atoms with Crippen molar-refractivity contribution in [1.82, 2.24) is 15.1 Å². The highest BCUT2D eigenvalue weighted by atomic mass is 16.6. The average Bonchev–Trinajstić information content (AvgIpc) is 2.81. The summed E-state index contributed by atoms with van der Waals surface area (Å²) in [5.41, 5.74) is 1.86. The molecule has 0 aliphatic carbocycles. The molecular weight excluding hydrogens is 260 g/mol. The van der Waals surface area contributed by atoms with E-state index in [0.717, 1.165) is 0 Å². The van der Waals surface area contributed by atoms with Crippen LogP contribution in [0.15, 0.2) is 30.5 Å². The molecule has 1 amide bonds. The van der Waals surface area contributed by atoms with Gasteiger partial charge in [0.25, 0.3) is 11.6 Å². The highest BCUT2D eigenvalue weighted by Gasteiger charge is 2.14. The molecule has 1 aromatic heterocycles. The maximum atomic E-state index is 11.8. The van der Waals surface area contributed by atoms with E-state index in [-0.39, 0.29) is 11.6 Å². The van der Waals surface area contributed by atoms with Crippen molar-refractivity contribution in [2.45, 2.75) is 13.8 Å². The Labute approximate surface area is 115 Å². The third kappa shape index (κ3) is 2.51. The van der Waals surface area contributed by atoms with Gasteiger partial charge >= 0.3 is 0 Å². The normalized spacial score (nSPS) is 10.3. The molecule has 1 aromatic carbocycles. The van der Waals surface area contributed by atoms with E-state index in [0.29, 0.717) is 23.5 Å². The summed E-state index contributed by atoms with van der Waals surface area (Å²) >= 11 is 0. The van der Waals surface area contributed by atoms with Crippen LogP contribution in [0.2, 0.25) is 0 Å². The lowest BCUT2D eigenvalue weighted by atomic mass is 10.2. The summed E-state index contributed by atoms with van der Waals surface area (Å²) in [6.45, 7) is 4.16. The maximum absolute atomic E-state index is 11.8. The summed E-state index contributed by atoms with van der Waals surface area (Å²) in [5, 5.41) is 17.5. The summed E-state index contributed by atoms with van der Waals surface area (Å²) < 4.78 is 1.58. The Bertz CT molecular complexity index is 646. The summed E-state index contributed by atoms with van der Waals surface area (Å²) in [6, 6.07) is 6.00. The molecule has 7 heteroatoms. The Hall–Kier alpha value is -2.70. The number of benzene rings is 1. The Morgan fingerprint density at radius 3 is 2.60 bits per heavy atom. The van der Waals surface area contributed by atoms with E-state index in [2.05, 4.69) is 10.4 Å². The predicted molar refractivity (Wildman–Crippen MR) is 73.0 cm³/mol. The first kappa shape index (κ1) is 13.7. The lowest BCUT2D eigenvalue weighted by Crippen LogP contribution is -2.23. The molecule has 104 valence electrons. The third-order valence-electron chi connectivity index (χ3n) is 2.90. The number of nitro groups is 1. The second-order valence-electron chi connectivity index (χ2n) is 4.19. The van der Waals surface area contributed by atoms with Crippen LogP contribution in [0.3, 0.4) is 0 Å². The SMILES string of the molecule is CCNC(=O)c1cnn(-c2ccc([N+](=O)[O-])cc2)c1C. The smallest absolute Gasteiger partial charge is 0.269 e. The van der Waals surface area contributed by atoms with Gasteiger partial charge in [-0.2, -0.15) is 5.10 Å². The Morgan fingerprint density at radius 2 is 2.05 bits per heavy atom. The zero-order valence-corrected chi connectivity index (χ0v) is 11.2. The van der Waals surface area contributed by atoms with Crippen molar-refractivity contribution in [3.8, 4) is 5.69 Å². The van der Waals surface area contributed by atoms with Gasteiger partial charge in [-0.05, 0) is 26.0 Å². The number of nitrogens with zero attached hydrogens (tertiary/aromatic N) is 3. The number of aromatic nitrogens is 2. The zero-order chi connectivity index (χ0) is 14.7. The number of hydrogen-bond acceptors (Lipinski definition) is 4. The molecule has 2 aromatic rings. The predicted octanol–water partition coefficient (Wildman–Crippen LogP) is 1.84. The molecule has 0 unspecified atom stereocenters. The molecule has 0 radical (unpaired) electrons. The van der Waals surface area contributed by atoms with Crippen LogP contribution in [0, 0.1) is 17.0 Å². The van der Waals surface area contributed by atoms with Gasteiger partial charge in [-0.25, -0.2) is 4.68 Å². The Morgan fingerprint density at radius 1 is 1.40 bits per heavy atom. The number of rotatable bonds is 4. The highest BCUT2D eigenvalue weighted by Crippen LogP contribution is 2.17. The number of nitro benzene ring substituents is 1. The molecular formula is C13H14N4O3. The molecule has 0 aliphatic rings. The van der Waals surface area contributed by atoms with E-state index in [1.165, 1.54) is 18.3 Å². The van der Waals surface area contributed by atoms with Crippen LogP contribution in [-0.2, 0) is 0 Å². The van der Waals surface area contributed by atoms with Crippen LogP contribution in [0.1, 0.15) is 23.0 Å². The standard InChI is InChI=1S/C13H14N4O3/c1-3-14-13(18)12-8-15-16(9(12)2)10-4-6-11(7-5-10)17(19)20/h4-8H,3H2,1-2H3,(H,14,18). The van der Waals surface area contributed by atoms with Crippen LogP contribution < -0.4 is 5.32 Å². The largest absolute Gasteiger partial charge is 0.352 e. The van der Waals surface area contributed by atoms with Gasteiger partial charge in [0, 0.05) is 18.7 Å². The molecule has 2 rings (SSSR count). The molecule has 0 saturated heterocycles. The van der Waals surface area contributed by atoms with Crippen LogP contribution in [-0.4, -0.2) is 27.2 Å². The monoisotopic (exact) mass is 274 g/mol. The van der Waals surface area contributed by atoms with Crippen molar-refractivity contribution in [3.05, 3.63) is 51.8 Å². The van der Waals surface area contributed by atoms with Gasteiger partial charge in [-0.3, -0.25) is 14.9 Å². The summed E-state index contributed by atoms with van der Waals surface area (Å²) in [7, 11) is 0. The van der Waals surface area contributed by atoms with Crippen molar-refractivity contribution >= 4 is 11.6 Å². The first-order chi connectivity index (χ1) is 9.54. The lowest BCUT2D eigenvalue weighted by molar-refractivity contribution is -0.384. The van der Waals surface area contributed by atoms with Crippen LogP contribution in [0.25, 0.3) is 5.69 Å². The van der Waals surface area contributed by atoms with Crippen molar-refractivity contribution in [3.63, 3.8) is 0 Å². The fourth-order valence-corrected chi connectivity index (χ4v) is 1.86. The van der Waals surface area contributed by atoms with Crippen molar-refractivity contribution < 1.29 is 9.72 Å². The van der Waals surface area contributed by atoms with Gasteiger partial charge in [-0.15, -0.1) is 0 Å². The summed E-state index contributed by atoms with van der Waals surface area (Å²) in [4.78, 5) is 22.0. The average molecular weight is 274 g/mol. The zero-order valence-electron chi connectivity index (χ0n) is 11.2. The van der Waals surface area contributed by atoms with Gasteiger partial charge in [0.15, 0.2) is 0 Å². The number of non-ortho nitro benzene ring substituents is 1. The van der Waals surface area contributed by atoms with Gasteiger partial charge in [0.1, 0.15) is 0 Å². The number of hydrogen-bond donors (Lipinski definition) is 1. The molecule has 0 fully saturated rings.